The molecule has 5 atom stereocenters. The Hall–Kier alpha value is -5.10. The van der Waals surface area contributed by atoms with Crippen molar-refractivity contribution in [3.8, 4) is 11.5 Å². The molecule has 0 bridgehead atoms. The smallest absolute Gasteiger partial charge is 0.324 e. The first-order chi connectivity index (χ1) is 28.9. The van der Waals surface area contributed by atoms with Gasteiger partial charge in [0.05, 0.1) is 38.7 Å². The molecule has 18 heteroatoms. The fourth-order valence-electron chi connectivity index (χ4n) is 7.44. The molecular weight excluding hydrogens is 810 g/mol. The third kappa shape index (κ3) is 8.71. The van der Waals surface area contributed by atoms with Crippen LogP contribution in [0.2, 0.25) is 0 Å². The van der Waals surface area contributed by atoms with Gasteiger partial charge in [-0.25, -0.2) is 19.6 Å². The average Bonchev–Trinajstić information content (AvgIpc) is 3.99. The number of nitrogens with two attached hydrogens (primary N) is 1. The first kappa shape index (κ1) is 43.0. The molecule has 1 aliphatic heterocycles. The van der Waals surface area contributed by atoms with Gasteiger partial charge in [-0.05, 0) is 74.7 Å². The van der Waals surface area contributed by atoms with Crippen molar-refractivity contribution in [2.24, 2.45) is 0 Å². The normalized spacial score (nSPS) is 18.8. The Morgan fingerprint density at radius 3 is 2.10 bits per heavy atom. The zero-order valence-electron chi connectivity index (χ0n) is 34.0. The Balaban J connectivity index is 1.31. The molecule has 3 aromatic heterocycles. The van der Waals surface area contributed by atoms with Crippen LogP contribution in [0.3, 0.4) is 0 Å². The highest BCUT2D eigenvalue weighted by Gasteiger charge is 2.50. The van der Waals surface area contributed by atoms with Gasteiger partial charge in [0, 0.05) is 23.0 Å². The Kier molecular flexibility index (Phi) is 13.4. The van der Waals surface area contributed by atoms with Crippen LogP contribution in [0.4, 0.5) is 10.8 Å². The highest BCUT2D eigenvalue weighted by atomic mass is 32.1. The second-order valence-electron chi connectivity index (χ2n) is 14.6. The van der Waals surface area contributed by atoms with Crippen LogP contribution >= 0.6 is 19.9 Å². The van der Waals surface area contributed by atoms with Gasteiger partial charge in [-0.3, -0.25) is 14.7 Å². The fraction of sp³-hybridized carbons (Fsp3) is 0.357. The molecule has 0 saturated carbocycles. The number of rotatable bonds is 18. The molecule has 316 valence electrons. The summed E-state index contributed by atoms with van der Waals surface area (Å²) >= 11 is 1.04. The van der Waals surface area contributed by atoms with Crippen LogP contribution in [0.1, 0.15) is 55.5 Å². The molecule has 1 unspecified atom stereocenters. The van der Waals surface area contributed by atoms with Crippen molar-refractivity contribution in [1.82, 2.24) is 24.2 Å². The van der Waals surface area contributed by atoms with Crippen molar-refractivity contribution in [2.75, 3.05) is 26.6 Å². The summed E-state index contributed by atoms with van der Waals surface area (Å²) in [6, 6.07) is 28.3. The molecule has 60 heavy (non-hydrogen) atoms. The third-order valence-corrected chi connectivity index (χ3v) is 13.3. The van der Waals surface area contributed by atoms with E-state index in [4.69, 9.17) is 33.7 Å². The average molecular weight is 858 g/mol. The zero-order chi connectivity index (χ0) is 42.6. The van der Waals surface area contributed by atoms with E-state index < -0.39 is 43.6 Å². The first-order valence-corrected chi connectivity index (χ1v) is 21.3. The molecule has 1 aliphatic rings. The summed E-state index contributed by atoms with van der Waals surface area (Å²) < 4.78 is 42.4. The van der Waals surface area contributed by atoms with Crippen LogP contribution in [0.5, 0.6) is 11.5 Å². The van der Waals surface area contributed by atoms with E-state index in [2.05, 4.69) is 19.6 Å². The molecule has 0 radical (unpaired) electrons. The van der Waals surface area contributed by atoms with E-state index in [1.54, 1.807) is 24.9 Å². The number of ether oxygens (including phenoxy) is 4. The lowest BCUT2D eigenvalue weighted by Crippen LogP contribution is -2.42. The van der Waals surface area contributed by atoms with Gasteiger partial charge in [0.2, 0.25) is 0 Å². The lowest BCUT2D eigenvalue weighted by atomic mass is 9.80. The van der Waals surface area contributed by atoms with E-state index in [1.165, 1.54) is 18.7 Å². The Morgan fingerprint density at radius 1 is 0.917 bits per heavy atom. The maximum absolute atomic E-state index is 12.4. The largest absolute Gasteiger partial charge is 0.497 e. The van der Waals surface area contributed by atoms with Gasteiger partial charge in [0.15, 0.2) is 17.7 Å². The van der Waals surface area contributed by atoms with E-state index in [1.807, 2.05) is 107 Å². The van der Waals surface area contributed by atoms with E-state index in [0.717, 1.165) is 28.0 Å². The molecule has 16 nitrogen and oxygen atoms in total. The number of benzene rings is 3. The van der Waals surface area contributed by atoms with E-state index in [0.29, 0.717) is 27.5 Å². The number of nitrogen functional groups attached to an aromatic ring is 1. The van der Waals surface area contributed by atoms with Gasteiger partial charge in [-0.1, -0.05) is 65.9 Å². The van der Waals surface area contributed by atoms with Gasteiger partial charge in [0.25, 0.3) is 8.53 Å². The first-order valence-electron chi connectivity index (χ1n) is 19.3. The molecule has 7 rings (SSSR count). The fourth-order valence-corrected chi connectivity index (χ4v) is 10.0. The Bertz CT molecular complexity index is 2290. The number of aromatic nitrogens is 4. The van der Waals surface area contributed by atoms with E-state index in [9.17, 15) is 15.2 Å². The number of thiophene rings is 1. The molecular formula is C42H48N7O9PS. The standard InChI is InChI=1S/C42H48N7O9PS/c1-26(2)48(27(3)4)59(56-22-33-20-21-35(60-33)49(51)52)58-38-34(57-41(37(38)50)47-25-46-36-39(43)44-24-45-40(36)47)23-55-42(28-10-8-7-9-11-28,29-12-16-31(53-5)17-13-29)30-14-18-32(54-6)19-15-30/h7-21,24-27,34,37-38,41,50H,22-23H2,1-6H3,(H2,43,44,45)/t34-,37-,38-,41-,59?/m1/s1. The molecule has 3 aromatic carbocycles. The second kappa shape index (κ2) is 18.7. The van der Waals surface area contributed by atoms with Gasteiger partial charge in [-0.15, -0.1) is 0 Å². The number of imidazole rings is 1. The number of anilines is 1. The van der Waals surface area contributed by atoms with Crippen LogP contribution in [0.25, 0.3) is 11.2 Å². The second-order valence-corrected chi connectivity index (χ2v) is 17.2. The maximum atomic E-state index is 12.4. The molecule has 1 fully saturated rings. The Labute approximate surface area is 352 Å². The quantitative estimate of drug-likeness (QED) is 0.0371. The van der Waals surface area contributed by atoms with Crippen molar-refractivity contribution in [1.29, 1.82) is 0 Å². The predicted molar refractivity (Wildman–Crippen MR) is 228 cm³/mol. The van der Waals surface area contributed by atoms with Crippen LogP contribution in [0.15, 0.2) is 104 Å². The molecule has 0 amide bonds. The van der Waals surface area contributed by atoms with Crippen molar-refractivity contribution in [2.45, 2.75) is 76.5 Å². The van der Waals surface area contributed by atoms with Crippen molar-refractivity contribution < 1.29 is 38.0 Å². The number of aliphatic hydroxyl groups is 1. The van der Waals surface area contributed by atoms with E-state index >= 15 is 0 Å². The lowest BCUT2D eigenvalue weighted by molar-refractivity contribution is -0.380. The predicted octanol–water partition coefficient (Wildman–Crippen LogP) is 7.61. The summed E-state index contributed by atoms with van der Waals surface area (Å²) in [6.45, 7) is 8.08. The number of nitro groups is 1. The number of fused-ring (bicyclic) bond motifs is 1. The lowest BCUT2D eigenvalue weighted by Gasteiger charge is -2.39. The number of hydrogen-bond acceptors (Lipinski definition) is 15. The monoisotopic (exact) mass is 857 g/mol. The van der Waals surface area contributed by atoms with Gasteiger partial charge >= 0.3 is 5.00 Å². The topological polar surface area (TPSA) is 192 Å². The minimum Gasteiger partial charge on any atom is -0.497 e. The van der Waals surface area contributed by atoms with Crippen LogP contribution < -0.4 is 15.2 Å². The van der Waals surface area contributed by atoms with Crippen molar-refractivity contribution in [3.63, 3.8) is 0 Å². The summed E-state index contributed by atoms with van der Waals surface area (Å²) in [4.78, 5) is 24.7. The maximum Gasteiger partial charge on any atom is 0.324 e. The van der Waals surface area contributed by atoms with Gasteiger partial charge in [-0.2, -0.15) is 0 Å². The van der Waals surface area contributed by atoms with Gasteiger partial charge < -0.3 is 38.8 Å². The number of nitrogens with zero attached hydrogens (tertiary/aromatic N) is 6. The van der Waals surface area contributed by atoms with E-state index in [-0.39, 0.29) is 36.1 Å². The minimum absolute atomic E-state index is 0.00992. The van der Waals surface area contributed by atoms with Crippen LogP contribution in [0, 0.1) is 10.1 Å². The number of methoxy groups -OCH3 is 2. The van der Waals surface area contributed by atoms with Crippen molar-refractivity contribution >= 4 is 41.8 Å². The highest BCUT2D eigenvalue weighted by Crippen LogP contribution is 2.52. The summed E-state index contributed by atoms with van der Waals surface area (Å²) in [7, 11) is 1.31. The van der Waals surface area contributed by atoms with Gasteiger partial charge in [0.1, 0.15) is 47.3 Å². The number of aliphatic hydroxyl groups excluding tert-OH is 1. The van der Waals surface area contributed by atoms with Crippen LogP contribution in [-0.2, 0) is 30.7 Å². The SMILES string of the molecule is COc1ccc(C(OC[C@H]2O[C@@H](n3cnc4c(N)ncnc43)[C@H](O)[C@@H]2OP(OCc2ccc([N+](=O)[O-])s2)N(C(C)C)C(C)C)(c2ccccc2)c2ccc(OC)cc2)cc1. The molecule has 0 aliphatic carbocycles. The molecule has 6 aromatic rings. The van der Waals surface area contributed by atoms with Crippen molar-refractivity contribution in [3.05, 3.63) is 135 Å². The Morgan fingerprint density at radius 2 is 1.53 bits per heavy atom. The molecule has 0 spiro atoms. The summed E-state index contributed by atoms with van der Waals surface area (Å²) in [5.41, 5.74) is 8.12. The zero-order valence-corrected chi connectivity index (χ0v) is 35.7. The summed E-state index contributed by atoms with van der Waals surface area (Å²) in [5, 5.41) is 23.9. The highest BCUT2D eigenvalue weighted by molar-refractivity contribution is 7.44. The minimum atomic E-state index is -1.92. The van der Waals surface area contributed by atoms with Crippen LogP contribution in [-0.4, -0.2) is 85.4 Å². The summed E-state index contributed by atoms with van der Waals surface area (Å²) in [6.07, 6.45) is -1.44. The molecule has 4 heterocycles. The molecule has 3 N–H and O–H groups in total. The third-order valence-electron chi connectivity index (χ3n) is 10.2. The molecule has 1 saturated heterocycles. The summed E-state index contributed by atoms with van der Waals surface area (Å²) in [5.74, 6) is 1.54. The number of hydrogen-bond donors (Lipinski definition) is 2.